The molecule has 0 radical (unpaired) electrons. The number of unbranched alkanes of at least 4 members (excludes halogenated alkanes) is 5. The van der Waals surface area contributed by atoms with Crippen molar-refractivity contribution in [3.8, 4) is 0 Å². The number of nitrogens with one attached hydrogen (secondary N) is 1. The third-order valence-electron chi connectivity index (χ3n) is 3.10. The van der Waals surface area contributed by atoms with Crippen LogP contribution in [0.15, 0.2) is 18.2 Å². The smallest absolute Gasteiger partial charge is 0.0635 e. The topological polar surface area (TPSA) is 38.0 Å². The molecule has 0 fully saturated rings. The van der Waals surface area contributed by atoms with Gasteiger partial charge in [0, 0.05) is 6.54 Å². The van der Waals surface area contributed by atoms with E-state index in [2.05, 4.69) is 12.2 Å². The normalized spacial score (nSPS) is 10.8. The molecule has 0 aromatic heterocycles. The Morgan fingerprint density at radius 1 is 1.11 bits per heavy atom. The van der Waals surface area contributed by atoms with Crippen LogP contribution in [0.4, 0.5) is 5.69 Å². The summed E-state index contributed by atoms with van der Waals surface area (Å²) in [7, 11) is 0. The van der Waals surface area contributed by atoms with Crippen LogP contribution < -0.4 is 11.1 Å². The molecule has 0 aliphatic heterocycles. The Morgan fingerprint density at radius 3 is 2.56 bits per heavy atom. The molecule has 0 atom stereocenters. The zero-order valence-corrected chi connectivity index (χ0v) is 12.1. The van der Waals surface area contributed by atoms with Gasteiger partial charge in [0.1, 0.15) is 0 Å². The first-order valence-electron chi connectivity index (χ1n) is 6.98. The van der Waals surface area contributed by atoms with Crippen LogP contribution >= 0.6 is 11.6 Å². The molecule has 2 nitrogen and oxygen atoms in total. The maximum Gasteiger partial charge on any atom is 0.0635 e. The van der Waals surface area contributed by atoms with E-state index in [-0.39, 0.29) is 0 Å². The summed E-state index contributed by atoms with van der Waals surface area (Å²) >= 11 is 5.88. The Labute approximate surface area is 116 Å². The van der Waals surface area contributed by atoms with Crippen LogP contribution in [0, 0.1) is 0 Å². The first-order chi connectivity index (χ1) is 8.74. The average molecular weight is 269 g/mol. The number of anilines is 1. The Bertz CT molecular complexity index is 339. The standard InChI is InChI=1S/C15H25ClN2/c1-2-3-4-5-6-7-10-18-12-13-8-9-14(16)15(17)11-13/h8-9,11,18H,2-7,10,12,17H2,1H3. The summed E-state index contributed by atoms with van der Waals surface area (Å²) in [5.41, 5.74) is 7.62. The molecule has 0 saturated heterocycles. The van der Waals surface area contributed by atoms with Gasteiger partial charge in [-0.15, -0.1) is 0 Å². The monoisotopic (exact) mass is 268 g/mol. The molecule has 3 N–H and O–H groups in total. The minimum absolute atomic E-state index is 0.634. The molecule has 0 spiro atoms. The zero-order chi connectivity index (χ0) is 13.2. The van der Waals surface area contributed by atoms with Crippen molar-refractivity contribution in [2.75, 3.05) is 12.3 Å². The van der Waals surface area contributed by atoms with Crippen molar-refractivity contribution in [2.24, 2.45) is 0 Å². The highest BCUT2D eigenvalue weighted by Gasteiger charge is 1.98. The highest BCUT2D eigenvalue weighted by Crippen LogP contribution is 2.19. The number of rotatable bonds is 9. The lowest BCUT2D eigenvalue weighted by molar-refractivity contribution is 0.572. The van der Waals surface area contributed by atoms with Crippen molar-refractivity contribution in [3.05, 3.63) is 28.8 Å². The fourth-order valence-electron chi connectivity index (χ4n) is 1.97. The molecule has 102 valence electrons. The third kappa shape index (κ3) is 6.27. The van der Waals surface area contributed by atoms with E-state index >= 15 is 0 Å². The first kappa shape index (κ1) is 15.3. The Kier molecular flexibility index (Phi) is 7.86. The fraction of sp³-hybridized carbons (Fsp3) is 0.600. The largest absolute Gasteiger partial charge is 0.398 e. The second-order valence-corrected chi connectivity index (χ2v) is 5.21. The Balaban J connectivity index is 2.05. The molecular weight excluding hydrogens is 244 g/mol. The SMILES string of the molecule is CCCCCCCCNCc1ccc(Cl)c(N)c1. The van der Waals surface area contributed by atoms with Crippen LogP contribution in [0.25, 0.3) is 0 Å². The number of nitrogens with two attached hydrogens (primary N) is 1. The summed E-state index contributed by atoms with van der Waals surface area (Å²) in [6, 6.07) is 5.82. The van der Waals surface area contributed by atoms with E-state index in [1.807, 2.05) is 18.2 Å². The summed E-state index contributed by atoms with van der Waals surface area (Å²) in [5.74, 6) is 0. The lowest BCUT2D eigenvalue weighted by Crippen LogP contribution is -2.14. The molecule has 1 aromatic carbocycles. The van der Waals surface area contributed by atoms with E-state index in [1.165, 1.54) is 44.1 Å². The van der Waals surface area contributed by atoms with Crippen molar-refractivity contribution >= 4 is 17.3 Å². The number of nitrogen functional groups attached to an aromatic ring is 1. The molecule has 0 saturated carbocycles. The molecular formula is C15H25ClN2. The molecule has 1 aromatic rings. The van der Waals surface area contributed by atoms with Crippen molar-refractivity contribution < 1.29 is 0 Å². The van der Waals surface area contributed by atoms with Gasteiger partial charge in [-0.3, -0.25) is 0 Å². The molecule has 0 aliphatic rings. The van der Waals surface area contributed by atoms with Gasteiger partial charge in [0.15, 0.2) is 0 Å². The van der Waals surface area contributed by atoms with Crippen LogP contribution in [-0.4, -0.2) is 6.54 Å². The molecule has 0 aliphatic carbocycles. The second kappa shape index (κ2) is 9.23. The van der Waals surface area contributed by atoms with Crippen molar-refractivity contribution in [3.63, 3.8) is 0 Å². The third-order valence-corrected chi connectivity index (χ3v) is 3.44. The maximum absolute atomic E-state index is 5.88. The highest BCUT2D eigenvalue weighted by atomic mass is 35.5. The highest BCUT2D eigenvalue weighted by molar-refractivity contribution is 6.33. The minimum Gasteiger partial charge on any atom is -0.398 e. The van der Waals surface area contributed by atoms with E-state index < -0.39 is 0 Å². The van der Waals surface area contributed by atoms with Crippen molar-refractivity contribution in [2.45, 2.75) is 52.0 Å². The fourth-order valence-corrected chi connectivity index (χ4v) is 2.08. The number of halogens is 1. The predicted octanol–water partition coefficient (Wildman–Crippen LogP) is 4.37. The van der Waals surface area contributed by atoms with E-state index in [9.17, 15) is 0 Å². The van der Waals surface area contributed by atoms with Crippen LogP contribution in [0.3, 0.4) is 0 Å². The molecule has 1 rings (SSSR count). The summed E-state index contributed by atoms with van der Waals surface area (Å²) in [6.45, 7) is 4.20. The lowest BCUT2D eigenvalue weighted by Gasteiger charge is -2.06. The van der Waals surface area contributed by atoms with Crippen molar-refractivity contribution in [1.82, 2.24) is 5.32 Å². The minimum atomic E-state index is 0.634. The van der Waals surface area contributed by atoms with Crippen LogP contribution in [0.1, 0.15) is 51.0 Å². The van der Waals surface area contributed by atoms with Gasteiger partial charge < -0.3 is 11.1 Å². The number of benzene rings is 1. The van der Waals surface area contributed by atoms with Crippen LogP contribution in [-0.2, 0) is 6.54 Å². The van der Waals surface area contributed by atoms with Gasteiger partial charge >= 0.3 is 0 Å². The predicted molar refractivity (Wildman–Crippen MR) is 80.9 cm³/mol. The summed E-state index contributed by atoms with van der Waals surface area (Å²) < 4.78 is 0. The first-order valence-corrected chi connectivity index (χ1v) is 7.36. The van der Waals surface area contributed by atoms with Gasteiger partial charge in [-0.2, -0.15) is 0 Å². The second-order valence-electron chi connectivity index (χ2n) is 4.80. The van der Waals surface area contributed by atoms with Crippen molar-refractivity contribution in [1.29, 1.82) is 0 Å². The van der Waals surface area contributed by atoms with Gasteiger partial charge in [-0.25, -0.2) is 0 Å². The molecule has 0 bridgehead atoms. The van der Waals surface area contributed by atoms with Gasteiger partial charge in [0.25, 0.3) is 0 Å². The van der Waals surface area contributed by atoms with Gasteiger partial charge in [-0.05, 0) is 30.7 Å². The molecule has 0 unspecified atom stereocenters. The quantitative estimate of drug-likeness (QED) is 0.515. The van der Waals surface area contributed by atoms with E-state index in [0.717, 1.165) is 13.1 Å². The van der Waals surface area contributed by atoms with Crippen LogP contribution in [0.5, 0.6) is 0 Å². The number of hydrogen-bond donors (Lipinski definition) is 2. The molecule has 3 heteroatoms. The van der Waals surface area contributed by atoms with E-state index in [1.54, 1.807) is 0 Å². The summed E-state index contributed by atoms with van der Waals surface area (Å²) in [6.07, 6.45) is 8.02. The molecule has 18 heavy (non-hydrogen) atoms. The molecule has 0 heterocycles. The Morgan fingerprint density at radius 2 is 1.83 bits per heavy atom. The molecule has 0 amide bonds. The van der Waals surface area contributed by atoms with E-state index in [4.69, 9.17) is 17.3 Å². The summed E-state index contributed by atoms with van der Waals surface area (Å²) in [4.78, 5) is 0. The number of hydrogen-bond acceptors (Lipinski definition) is 2. The maximum atomic E-state index is 5.88. The van der Waals surface area contributed by atoms with E-state index in [0.29, 0.717) is 10.7 Å². The lowest BCUT2D eigenvalue weighted by atomic mass is 10.1. The Hall–Kier alpha value is -0.730. The van der Waals surface area contributed by atoms with Gasteiger partial charge in [0.05, 0.1) is 10.7 Å². The summed E-state index contributed by atoms with van der Waals surface area (Å²) in [5, 5.41) is 4.07. The van der Waals surface area contributed by atoms with Gasteiger partial charge in [0.2, 0.25) is 0 Å². The van der Waals surface area contributed by atoms with Crippen LogP contribution in [0.2, 0.25) is 5.02 Å². The average Bonchev–Trinajstić information content (AvgIpc) is 2.37. The zero-order valence-electron chi connectivity index (χ0n) is 11.3. The van der Waals surface area contributed by atoms with Gasteiger partial charge in [-0.1, -0.05) is 56.7 Å².